The largest absolute Gasteiger partial charge is 0.309 e. The number of rotatable bonds is 4. The van der Waals surface area contributed by atoms with Gasteiger partial charge < -0.3 is 5.32 Å². The average molecular weight is 236 g/mol. The summed E-state index contributed by atoms with van der Waals surface area (Å²) >= 11 is 0. The van der Waals surface area contributed by atoms with Crippen LogP contribution in [0, 0.1) is 5.41 Å². The van der Waals surface area contributed by atoms with Gasteiger partial charge in [-0.3, -0.25) is 4.90 Å². The quantitative estimate of drug-likeness (QED) is 0.807. The molecule has 0 radical (unpaired) electrons. The maximum absolute atomic E-state index is 3.82. The van der Waals surface area contributed by atoms with Crippen LogP contribution in [0.15, 0.2) is 0 Å². The Morgan fingerprint density at radius 3 is 2.53 bits per heavy atom. The predicted octanol–water partition coefficient (Wildman–Crippen LogP) is 2.78. The van der Waals surface area contributed by atoms with Crippen LogP contribution in [0.5, 0.6) is 0 Å². The summed E-state index contributed by atoms with van der Waals surface area (Å²) in [6, 6.07) is 0. The molecule has 2 nitrogen and oxygen atoms in total. The van der Waals surface area contributed by atoms with E-state index in [0.717, 1.165) is 5.41 Å². The van der Waals surface area contributed by atoms with Crippen molar-refractivity contribution in [1.29, 1.82) is 0 Å². The molecular formula is C15H28N2. The molecule has 1 spiro atoms. The molecule has 0 atom stereocenters. The third kappa shape index (κ3) is 2.53. The first-order chi connectivity index (χ1) is 8.26. The van der Waals surface area contributed by atoms with Crippen LogP contribution in [0.3, 0.4) is 0 Å². The molecule has 0 aromatic rings. The minimum absolute atomic E-state index is 0.514. The van der Waals surface area contributed by atoms with E-state index in [1.165, 1.54) is 77.5 Å². The van der Waals surface area contributed by atoms with Gasteiger partial charge in [-0.05, 0) is 37.5 Å². The van der Waals surface area contributed by atoms with Crippen molar-refractivity contribution in [2.45, 2.75) is 63.8 Å². The van der Waals surface area contributed by atoms with Crippen LogP contribution >= 0.6 is 0 Å². The smallest absolute Gasteiger partial charge is 0.0309 e. The molecule has 98 valence electrons. The predicted molar refractivity (Wildman–Crippen MR) is 72.2 cm³/mol. The molecule has 1 saturated heterocycles. The molecule has 2 heteroatoms. The van der Waals surface area contributed by atoms with Gasteiger partial charge in [0.15, 0.2) is 0 Å². The van der Waals surface area contributed by atoms with E-state index in [-0.39, 0.29) is 0 Å². The molecule has 0 bridgehead atoms. The van der Waals surface area contributed by atoms with E-state index in [1.54, 1.807) is 0 Å². The molecule has 2 saturated carbocycles. The second-order valence-corrected chi connectivity index (χ2v) is 6.87. The third-order valence-electron chi connectivity index (χ3n) is 5.31. The van der Waals surface area contributed by atoms with Crippen molar-refractivity contribution in [3.8, 4) is 0 Å². The molecule has 0 amide bonds. The van der Waals surface area contributed by atoms with Gasteiger partial charge in [0.05, 0.1) is 0 Å². The minimum atomic E-state index is 0.514. The molecule has 0 unspecified atom stereocenters. The van der Waals surface area contributed by atoms with Crippen LogP contribution in [-0.2, 0) is 0 Å². The highest BCUT2D eigenvalue weighted by molar-refractivity contribution is 5.01. The molecule has 1 heterocycles. The number of hydrogen-bond acceptors (Lipinski definition) is 2. The first kappa shape index (κ1) is 12.0. The molecule has 1 aliphatic heterocycles. The number of nitrogens with zero attached hydrogens (tertiary/aromatic N) is 1. The van der Waals surface area contributed by atoms with Crippen molar-refractivity contribution in [3.63, 3.8) is 0 Å². The van der Waals surface area contributed by atoms with Crippen molar-refractivity contribution >= 4 is 0 Å². The van der Waals surface area contributed by atoms with Crippen LogP contribution < -0.4 is 5.32 Å². The maximum atomic E-state index is 3.82. The molecule has 3 fully saturated rings. The molecule has 17 heavy (non-hydrogen) atoms. The topological polar surface area (TPSA) is 15.3 Å². The molecular weight excluding hydrogens is 208 g/mol. The van der Waals surface area contributed by atoms with Crippen LogP contribution in [0.2, 0.25) is 0 Å². The van der Waals surface area contributed by atoms with Crippen LogP contribution in [0.25, 0.3) is 0 Å². The second kappa shape index (κ2) is 4.55. The lowest BCUT2D eigenvalue weighted by atomic mass is 9.92. The van der Waals surface area contributed by atoms with Gasteiger partial charge in [-0.1, -0.05) is 26.2 Å². The summed E-state index contributed by atoms with van der Waals surface area (Å²) in [5, 5.41) is 3.82. The Balaban J connectivity index is 1.57. The highest BCUT2D eigenvalue weighted by atomic mass is 15.2. The zero-order valence-electron chi connectivity index (χ0n) is 11.4. The maximum Gasteiger partial charge on any atom is 0.0309 e. The van der Waals surface area contributed by atoms with Crippen LogP contribution in [0.4, 0.5) is 0 Å². The van der Waals surface area contributed by atoms with Crippen molar-refractivity contribution in [3.05, 3.63) is 0 Å². The summed E-state index contributed by atoms with van der Waals surface area (Å²) in [5.74, 6) is 0. The van der Waals surface area contributed by atoms with E-state index < -0.39 is 0 Å². The van der Waals surface area contributed by atoms with E-state index in [0.29, 0.717) is 5.54 Å². The molecule has 1 N–H and O–H groups in total. The second-order valence-electron chi connectivity index (χ2n) is 6.87. The lowest BCUT2D eigenvalue weighted by Crippen LogP contribution is -2.59. The minimum Gasteiger partial charge on any atom is -0.309 e. The fourth-order valence-corrected chi connectivity index (χ4v) is 4.23. The monoisotopic (exact) mass is 236 g/mol. The SMILES string of the molecule is CCCC1(CN2CCNC3(CCCC3)C2)CC1. The van der Waals surface area contributed by atoms with Gasteiger partial charge in [0.2, 0.25) is 0 Å². The molecule has 3 aliphatic rings. The summed E-state index contributed by atoms with van der Waals surface area (Å²) in [7, 11) is 0. The van der Waals surface area contributed by atoms with Crippen molar-refractivity contribution in [2.24, 2.45) is 5.41 Å². The molecule has 0 aromatic carbocycles. The highest BCUT2D eigenvalue weighted by Crippen LogP contribution is 2.50. The Bertz CT molecular complexity index is 264. The highest BCUT2D eigenvalue weighted by Gasteiger charge is 2.45. The zero-order chi connectivity index (χ0) is 11.8. The van der Waals surface area contributed by atoms with E-state index in [9.17, 15) is 0 Å². The Labute approximate surface area is 106 Å². The first-order valence-corrected chi connectivity index (χ1v) is 7.73. The van der Waals surface area contributed by atoms with E-state index in [1.807, 2.05) is 0 Å². The van der Waals surface area contributed by atoms with Gasteiger partial charge in [-0.2, -0.15) is 0 Å². The molecule has 0 aromatic heterocycles. The van der Waals surface area contributed by atoms with Gasteiger partial charge in [-0.25, -0.2) is 0 Å². The normalized spacial score (nSPS) is 30.9. The number of nitrogens with one attached hydrogen (secondary N) is 1. The third-order valence-corrected chi connectivity index (χ3v) is 5.31. The zero-order valence-corrected chi connectivity index (χ0v) is 11.4. The van der Waals surface area contributed by atoms with Gasteiger partial charge >= 0.3 is 0 Å². The Kier molecular flexibility index (Phi) is 3.20. The van der Waals surface area contributed by atoms with Crippen molar-refractivity contribution in [2.75, 3.05) is 26.2 Å². The number of hydrogen-bond donors (Lipinski definition) is 1. The van der Waals surface area contributed by atoms with Gasteiger partial charge in [0, 0.05) is 31.7 Å². The first-order valence-electron chi connectivity index (χ1n) is 7.73. The number of piperazine rings is 1. The molecule has 2 aliphatic carbocycles. The van der Waals surface area contributed by atoms with E-state index in [4.69, 9.17) is 0 Å². The Hall–Kier alpha value is -0.0800. The van der Waals surface area contributed by atoms with Gasteiger partial charge in [0.25, 0.3) is 0 Å². The van der Waals surface area contributed by atoms with Gasteiger partial charge in [-0.15, -0.1) is 0 Å². The van der Waals surface area contributed by atoms with E-state index >= 15 is 0 Å². The lowest BCUT2D eigenvalue weighted by Gasteiger charge is -2.43. The standard InChI is InChI=1S/C15H28N2/c1-2-5-14(8-9-14)12-17-11-10-16-15(13-17)6-3-4-7-15/h16H,2-13H2,1H3. The van der Waals surface area contributed by atoms with E-state index in [2.05, 4.69) is 17.1 Å². The fourth-order valence-electron chi connectivity index (χ4n) is 4.23. The summed E-state index contributed by atoms with van der Waals surface area (Å²) in [4.78, 5) is 2.78. The van der Waals surface area contributed by atoms with Gasteiger partial charge in [0.1, 0.15) is 0 Å². The average Bonchev–Trinajstić information content (AvgIpc) is 2.91. The van der Waals surface area contributed by atoms with Crippen LogP contribution in [-0.4, -0.2) is 36.6 Å². The molecule has 3 rings (SSSR count). The summed E-state index contributed by atoms with van der Waals surface area (Å²) < 4.78 is 0. The van der Waals surface area contributed by atoms with Crippen molar-refractivity contribution < 1.29 is 0 Å². The Morgan fingerprint density at radius 2 is 1.88 bits per heavy atom. The van der Waals surface area contributed by atoms with Crippen LogP contribution in [0.1, 0.15) is 58.3 Å². The lowest BCUT2D eigenvalue weighted by molar-refractivity contribution is 0.110. The van der Waals surface area contributed by atoms with Crippen molar-refractivity contribution in [1.82, 2.24) is 10.2 Å². The summed E-state index contributed by atoms with van der Waals surface area (Å²) in [6.45, 7) is 7.58. The summed E-state index contributed by atoms with van der Waals surface area (Å²) in [5.41, 5.74) is 1.26. The Morgan fingerprint density at radius 1 is 1.12 bits per heavy atom. The fraction of sp³-hybridized carbons (Fsp3) is 1.00. The summed E-state index contributed by atoms with van der Waals surface area (Å²) in [6.07, 6.45) is 11.6.